The summed E-state index contributed by atoms with van der Waals surface area (Å²) in [6.45, 7) is 0. The van der Waals surface area contributed by atoms with Crippen LogP contribution in [0.1, 0.15) is 22.8 Å². The van der Waals surface area contributed by atoms with E-state index in [0.29, 0.717) is 0 Å². The van der Waals surface area contributed by atoms with Crippen molar-refractivity contribution >= 4 is 63.0 Å². The van der Waals surface area contributed by atoms with Crippen LogP contribution in [-0.4, -0.2) is 23.6 Å². The van der Waals surface area contributed by atoms with E-state index in [9.17, 15) is 10.1 Å². The van der Waals surface area contributed by atoms with Crippen LogP contribution < -0.4 is 16.6 Å². The van der Waals surface area contributed by atoms with Gasteiger partial charge in [0.25, 0.3) is 0 Å². The zero-order valence-electron chi connectivity index (χ0n) is 28.0. The Bertz CT molecular complexity index is 2270. The van der Waals surface area contributed by atoms with Gasteiger partial charge in [0.15, 0.2) is 0 Å². The van der Waals surface area contributed by atoms with Crippen LogP contribution in [0.25, 0.3) is 46.4 Å². The van der Waals surface area contributed by atoms with E-state index in [1.807, 2.05) is 170 Å². The van der Waals surface area contributed by atoms with Crippen LogP contribution in [0.5, 0.6) is 0 Å². The molecular formula is C44H34N5O2Ru. The Labute approximate surface area is 301 Å². The number of benzene rings is 4. The van der Waals surface area contributed by atoms with Crippen LogP contribution in [0.15, 0.2) is 170 Å². The summed E-state index contributed by atoms with van der Waals surface area (Å²) in [5, 5.41) is 13.4. The topological polar surface area (TPSA) is 101 Å². The number of nitro groups is 1. The Balaban J connectivity index is 0.000000150. The fourth-order valence-corrected chi connectivity index (χ4v) is 17.3. The van der Waals surface area contributed by atoms with Gasteiger partial charge in [-0.05, 0) is 72.8 Å². The van der Waals surface area contributed by atoms with Gasteiger partial charge in [-0.25, -0.2) is 9.97 Å². The Morgan fingerprint density at radius 2 is 0.654 bits per heavy atom. The first-order valence-corrected chi connectivity index (χ1v) is 21.0. The third-order valence-corrected chi connectivity index (χ3v) is 20.2. The first-order chi connectivity index (χ1) is 25.5. The molecule has 9 rings (SSSR count). The van der Waals surface area contributed by atoms with E-state index in [1.54, 1.807) is 0 Å². The first kappa shape index (κ1) is 32.7. The fraction of sp³-hybridized carbons (Fsp3) is 0. The van der Waals surface area contributed by atoms with E-state index in [0.717, 1.165) is 61.5 Å². The zero-order chi connectivity index (χ0) is 35.4. The Morgan fingerprint density at radius 3 is 0.885 bits per heavy atom. The van der Waals surface area contributed by atoms with Gasteiger partial charge in [0.05, 0.1) is 22.8 Å². The SMILES string of the molecule is C1=Cc2cc3ccc(cc4nc(cc5ccc(cc1n2)[nH]5)C=C4)[nH]3.O=[N+]([O-])[Ru]([c]1ccccc1)([c]1ccccc1)([c]1ccccc1)[c]1ccccc1. The molecule has 7 nitrogen and oxygen atoms in total. The van der Waals surface area contributed by atoms with Crippen molar-refractivity contribution in [3.63, 3.8) is 0 Å². The molecule has 0 amide bonds. The second-order valence-electron chi connectivity index (χ2n) is 12.1. The molecule has 0 fully saturated rings. The summed E-state index contributed by atoms with van der Waals surface area (Å²) in [6, 6.07) is 54.5. The molecule has 3 aromatic heterocycles. The van der Waals surface area contributed by atoms with Crippen LogP contribution in [-0.2, 0) is 13.8 Å². The number of H-pyrrole nitrogens is 2. The van der Waals surface area contributed by atoms with Gasteiger partial charge in [-0.1, -0.05) is 0 Å². The number of nitrogens with zero attached hydrogens (tertiary/aromatic N) is 3. The molecule has 5 heterocycles. The molecular weight excluding hydrogens is 732 g/mol. The van der Waals surface area contributed by atoms with Gasteiger partial charge >= 0.3 is 166 Å². The maximum absolute atomic E-state index is 13.4. The van der Waals surface area contributed by atoms with E-state index in [1.165, 1.54) is 0 Å². The molecule has 0 spiro atoms. The zero-order valence-corrected chi connectivity index (χ0v) is 29.7. The predicted octanol–water partition coefficient (Wildman–Crippen LogP) is 7.83. The fourth-order valence-electron chi connectivity index (χ4n) is 6.51. The number of hydrogen-bond donors (Lipinski definition) is 2. The van der Waals surface area contributed by atoms with Crippen molar-refractivity contribution in [2.24, 2.45) is 0 Å². The Hall–Kier alpha value is -6.50. The van der Waals surface area contributed by atoms with Crippen LogP contribution in [0.3, 0.4) is 0 Å². The van der Waals surface area contributed by atoms with Crippen molar-refractivity contribution in [3.05, 3.63) is 203 Å². The summed E-state index contributed by atoms with van der Waals surface area (Å²) in [5.41, 5.74) is 7.86. The molecule has 8 bridgehead atoms. The molecule has 8 heteroatoms. The quantitative estimate of drug-likeness (QED) is 0.106. The average Bonchev–Trinajstić information content (AvgIpc) is 4.02. The molecule has 0 saturated carbocycles. The van der Waals surface area contributed by atoms with Crippen molar-refractivity contribution < 1.29 is 17.5 Å². The van der Waals surface area contributed by atoms with Gasteiger partial charge in [0, 0.05) is 22.1 Å². The number of fused-ring (bicyclic) bond motifs is 8. The summed E-state index contributed by atoms with van der Waals surface area (Å²) >= 11 is -4.99. The first-order valence-electron chi connectivity index (χ1n) is 16.7. The van der Waals surface area contributed by atoms with Crippen LogP contribution >= 0.6 is 0 Å². The predicted molar refractivity (Wildman–Crippen MR) is 210 cm³/mol. The summed E-state index contributed by atoms with van der Waals surface area (Å²) in [4.78, 5) is 29.5. The van der Waals surface area contributed by atoms with E-state index in [4.69, 9.17) is 0 Å². The number of aromatic amines is 2. The van der Waals surface area contributed by atoms with E-state index < -0.39 is 13.8 Å². The molecule has 2 N–H and O–H groups in total. The number of hydrogen-bond acceptors (Lipinski definition) is 4. The number of aromatic nitrogens is 4. The summed E-state index contributed by atoms with van der Waals surface area (Å²) in [7, 11) is 0. The van der Waals surface area contributed by atoms with Gasteiger partial charge in [-0.2, -0.15) is 0 Å². The van der Waals surface area contributed by atoms with E-state index in [-0.39, 0.29) is 3.67 Å². The summed E-state index contributed by atoms with van der Waals surface area (Å²) in [5.74, 6) is 0. The third-order valence-electron chi connectivity index (χ3n) is 8.79. The molecule has 2 aliphatic heterocycles. The van der Waals surface area contributed by atoms with Crippen molar-refractivity contribution in [3.8, 4) is 0 Å². The third kappa shape index (κ3) is 5.69. The minimum absolute atomic E-state index is 0.0341. The molecule has 0 aliphatic carbocycles. The van der Waals surface area contributed by atoms with E-state index in [2.05, 4.69) is 44.2 Å². The monoisotopic (exact) mass is 766 g/mol. The molecule has 7 aromatic rings. The normalized spacial score (nSPS) is 12.7. The second-order valence-corrected chi connectivity index (χ2v) is 20.9. The molecule has 255 valence electrons. The van der Waals surface area contributed by atoms with Crippen molar-refractivity contribution in [1.29, 1.82) is 0 Å². The average molecular weight is 766 g/mol. The molecule has 0 atom stereocenters. The summed E-state index contributed by atoms with van der Waals surface area (Å²) in [6.07, 6.45) is 8.09. The van der Waals surface area contributed by atoms with Crippen LogP contribution in [0.2, 0.25) is 0 Å². The number of nitrogens with one attached hydrogen (secondary N) is 2. The second kappa shape index (κ2) is 13.7. The Kier molecular flexibility index (Phi) is 8.59. The van der Waals surface area contributed by atoms with Crippen LogP contribution in [0.4, 0.5) is 0 Å². The maximum atomic E-state index is 13.4. The van der Waals surface area contributed by atoms with Gasteiger partial charge in [-0.3, -0.25) is 0 Å². The Morgan fingerprint density at radius 1 is 0.404 bits per heavy atom. The van der Waals surface area contributed by atoms with Gasteiger partial charge < -0.3 is 9.97 Å². The van der Waals surface area contributed by atoms with E-state index >= 15 is 0 Å². The minimum atomic E-state index is -4.99. The van der Waals surface area contributed by atoms with Gasteiger partial charge in [0.2, 0.25) is 0 Å². The molecule has 4 aromatic carbocycles. The van der Waals surface area contributed by atoms with Crippen molar-refractivity contribution in [2.45, 2.75) is 0 Å². The van der Waals surface area contributed by atoms with Crippen LogP contribution in [0, 0.1) is 10.1 Å². The summed E-state index contributed by atoms with van der Waals surface area (Å²) < 4.78 is 3.12. The standard InChI is InChI=1S/C20H14N4.4C6H5.NO2.Ru/c1-2-14-10-16-5-6-18(23-16)12-20-8-7-19(24-20)11-17-4-3-15(22-17)9-13(1)21-14;4*1-2-4-6-5-3-1;2-1-3;/h1-12,21,24H;4*1-5H;;. The molecule has 0 unspecified atom stereocenters. The number of rotatable bonds is 5. The molecule has 52 heavy (non-hydrogen) atoms. The van der Waals surface area contributed by atoms with Crippen molar-refractivity contribution in [1.82, 2.24) is 19.9 Å². The molecule has 2 aliphatic rings. The molecule has 0 saturated heterocycles. The molecule has 0 radical (unpaired) electrons. The van der Waals surface area contributed by atoms with Gasteiger partial charge in [0.1, 0.15) is 0 Å². The van der Waals surface area contributed by atoms with Crippen molar-refractivity contribution in [2.75, 3.05) is 0 Å². The van der Waals surface area contributed by atoms with Gasteiger partial charge in [-0.15, -0.1) is 0 Å².